The molecule has 0 aliphatic heterocycles. The van der Waals surface area contributed by atoms with Crippen LogP contribution in [0.1, 0.15) is 17.2 Å². The molecule has 15 heavy (non-hydrogen) atoms. The van der Waals surface area contributed by atoms with Gasteiger partial charge in [0.1, 0.15) is 5.75 Å². The summed E-state index contributed by atoms with van der Waals surface area (Å²) >= 11 is 0. The van der Waals surface area contributed by atoms with Gasteiger partial charge < -0.3 is 16.2 Å². The molecule has 0 saturated heterocycles. The van der Waals surface area contributed by atoms with Gasteiger partial charge in [0, 0.05) is 18.2 Å². The third kappa shape index (κ3) is 2.69. The first-order valence-electron chi connectivity index (χ1n) is 4.72. The van der Waals surface area contributed by atoms with E-state index in [-0.39, 0.29) is 6.04 Å². The smallest absolute Gasteiger partial charge is 0.123 e. The van der Waals surface area contributed by atoms with Crippen LogP contribution in [0.25, 0.3) is 0 Å². The van der Waals surface area contributed by atoms with Gasteiger partial charge in [0.15, 0.2) is 0 Å². The van der Waals surface area contributed by atoms with Gasteiger partial charge in [0.05, 0.1) is 19.6 Å². The third-order valence-electron chi connectivity index (χ3n) is 2.26. The number of rotatable bonds is 4. The first-order valence-corrected chi connectivity index (χ1v) is 4.72. The predicted octanol–water partition coefficient (Wildman–Crippen LogP) is 0.720. The van der Waals surface area contributed by atoms with E-state index in [1.807, 2.05) is 18.2 Å². The highest BCUT2D eigenvalue weighted by Gasteiger charge is 2.08. The van der Waals surface area contributed by atoms with Crippen molar-refractivity contribution in [2.45, 2.75) is 12.5 Å². The largest absolute Gasteiger partial charge is 0.496 e. The van der Waals surface area contributed by atoms with Gasteiger partial charge in [-0.25, -0.2) is 0 Å². The maximum absolute atomic E-state index is 8.66. The lowest BCUT2D eigenvalue weighted by molar-refractivity contribution is 0.410. The lowest BCUT2D eigenvalue weighted by Crippen LogP contribution is -2.20. The van der Waals surface area contributed by atoms with E-state index >= 15 is 0 Å². The molecule has 0 unspecified atom stereocenters. The van der Waals surface area contributed by atoms with Gasteiger partial charge in [-0.15, -0.1) is 0 Å². The van der Waals surface area contributed by atoms with E-state index < -0.39 is 0 Å². The van der Waals surface area contributed by atoms with Crippen molar-refractivity contribution in [2.24, 2.45) is 11.5 Å². The molecule has 1 atom stereocenters. The van der Waals surface area contributed by atoms with Crippen LogP contribution in [0.3, 0.4) is 0 Å². The molecule has 1 aromatic rings. The summed E-state index contributed by atoms with van der Waals surface area (Å²) < 4.78 is 5.14. The minimum Gasteiger partial charge on any atom is -0.496 e. The Labute approximate surface area is 89.4 Å². The second-order valence-corrected chi connectivity index (χ2v) is 3.25. The topological polar surface area (TPSA) is 85.1 Å². The molecule has 4 nitrogen and oxygen atoms in total. The molecule has 0 heterocycles. The highest BCUT2D eigenvalue weighted by molar-refractivity contribution is 5.39. The second kappa shape index (κ2) is 5.35. The molecule has 0 bridgehead atoms. The number of nitrogens with two attached hydrogens (primary N) is 2. The van der Waals surface area contributed by atoms with Crippen molar-refractivity contribution < 1.29 is 4.74 Å². The van der Waals surface area contributed by atoms with Gasteiger partial charge in [0.25, 0.3) is 0 Å². The van der Waals surface area contributed by atoms with Crippen molar-refractivity contribution in [1.82, 2.24) is 0 Å². The number of nitriles is 1. The van der Waals surface area contributed by atoms with E-state index in [4.69, 9.17) is 21.5 Å². The summed E-state index contributed by atoms with van der Waals surface area (Å²) in [5.41, 5.74) is 13.1. The lowest BCUT2D eigenvalue weighted by Gasteiger charge is -2.12. The molecule has 0 spiro atoms. The normalized spacial score (nSPS) is 11.9. The standard InChI is InChI=1S/C11H15N3O/c1-15-11-3-2-8(10(14)7-13)6-9(11)4-5-12/h2-3,6,10H,4,7,13-14H2,1H3/t10-/m1/s1. The molecule has 1 aromatic carbocycles. The Morgan fingerprint density at radius 2 is 2.27 bits per heavy atom. The quantitative estimate of drug-likeness (QED) is 0.758. The fourth-order valence-corrected chi connectivity index (χ4v) is 1.39. The monoisotopic (exact) mass is 205 g/mol. The zero-order valence-corrected chi connectivity index (χ0v) is 8.73. The highest BCUT2D eigenvalue weighted by atomic mass is 16.5. The minimum absolute atomic E-state index is 0.187. The summed E-state index contributed by atoms with van der Waals surface area (Å²) in [4.78, 5) is 0. The zero-order valence-electron chi connectivity index (χ0n) is 8.73. The van der Waals surface area contributed by atoms with Crippen LogP contribution in [0, 0.1) is 11.3 Å². The van der Waals surface area contributed by atoms with E-state index in [2.05, 4.69) is 6.07 Å². The Morgan fingerprint density at radius 1 is 1.53 bits per heavy atom. The van der Waals surface area contributed by atoms with Crippen molar-refractivity contribution in [3.63, 3.8) is 0 Å². The number of methoxy groups -OCH3 is 1. The van der Waals surface area contributed by atoms with Crippen LogP contribution >= 0.6 is 0 Å². The maximum Gasteiger partial charge on any atom is 0.123 e. The van der Waals surface area contributed by atoms with Crippen LogP contribution in [0.15, 0.2) is 18.2 Å². The van der Waals surface area contributed by atoms with Gasteiger partial charge in [-0.3, -0.25) is 0 Å². The molecular formula is C11H15N3O. The summed E-state index contributed by atoms with van der Waals surface area (Å²) in [5, 5.41) is 8.66. The number of benzene rings is 1. The molecular weight excluding hydrogens is 190 g/mol. The predicted molar refractivity (Wildman–Crippen MR) is 58.3 cm³/mol. The molecule has 0 aliphatic rings. The number of hydrogen-bond donors (Lipinski definition) is 2. The molecule has 0 radical (unpaired) electrons. The maximum atomic E-state index is 8.66. The average molecular weight is 205 g/mol. The minimum atomic E-state index is -0.187. The summed E-state index contributed by atoms with van der Waals surface area (Å²) in [6, 6.07) is 7.47. The molecule has 1 rings (SSSR count). The van der Waals surface area contributed by atoms with Gasteiger partial charge in [0.2, 0.25) is 0 Å². The van der Waals surface area contributed by atoms with Crippen molar-refractivity contribution in [3.05, 3.63) is 29.3 Å². The first kappa shape index (κ1) is 11.5. The molecule has 0 aromatic heterocycles. The fourth-order valence-electron chi connectivity index (χ4n) is 1.39. The zero-order chi connectivity index (χ0) is 11.3. The van der Waals surface area contributed by atoms with Gasteiger partial charge in [-0.1, -0.05) is 6.07 Å². The molecule has 4 N–H and O–H groups in total. The fraction of sp³-hybridized carbons (Fsp3) is 0.364. The summed E-state index contributed by atoms with van der Waals surface area (Å²) in [6.45, 7) is 0.387. The van der Waals surface area contributed by atoms with Gasteiger partial charge in [-0.05, 0) is 17.7 Å². The number of nitrogens with zero attached hydrogens (tertiary/aromatic N) is 1. The highest BCUT2D eigenvalue weighted by Crippen LogP contribution is 2.22. The Bertz CT molecular complexity index is 371. The Hall–Kier alpha value is -1.57. The Kier molecular flexibility index (Phi) is 4.10. The molecule has 0 fully saturated rings. The number of ether oxygens (including phenoxy) is 1. The van der Waals surface area contributed by atoms with Crippen molar-refractivity contribution in [2.75, 3.05) is 13.7 Å². The summed E-state index contributed by atoms with van der Waals surface area (Å²) in [5.74, 6) is 0.713. The molecule has 4 heteroatoms. The number of hydrogen-bond acceptors (Lipinski definition) is 4. The van der Waals surface area contributed by atoms with Crippen LogP contribution in [0.4, 0.5) is 0 Å². The Morgan fingerprint density at radius 3 is 2.80 bits per heavy atom. The molecule has 0 saturated carbocycles. The van der Waals surface area contributed by atoms with Crippen molar-refractivity contribution >= 4 is 0 Å². The SMILES string of the molecule is COc1ccc([C@H](N)CN)cc1CC#N. The summed E-state index contributed by atoms with van der Waals surface area (Å²) in [7, 11) is 1.58. The van der Waals surface area contributed by atoms with E-state index in [1.165, 1.54) is 0 Å². The Balaban J connectivity index is 3.05. The van der Waals surface area contributed by atoms with E-state index in [1.54, 1.807) is 7.11 Å². The van der Waals surface area contributed by atoms with Crippen LogP contribution in [-0.4, -0.2) is 13.7 Å². The van der Waals surface area contributed by atoms with Crippen molar-refractivity contribution in [1.29, 1.82) is 5.26 Å². The lowest BCUT2D eigenvalue weighted by atomic mass is 10.0. The first-order chi connectivity index (χ1) is 7.22. The van der Waals surface area contributed by atoms with Crippen molar-refractivity contribution in [3.8, 4) is 11.8 Å². The van der Waals surface area contributed by atoms with Crippen LogP contribution in [0.5, 0.6) is 5.75 Å². The van der Waals surface area contributed by atoms with Gasteiger partial charge in [-0.2, -0.15) is 5.26 Å². The van der Waals surface area contributed by atoms with Crippen LogP contribution < -0.4 is 16.2 Å². The van der Waals surface area contributed by atoms with Crippen LogP contribution in [0.2, 0.25) is 0 Å². The second-order valence-electron chi connectivity index (χ2n) is 3.25. The average Bonchev–Trinajstić information content (AvgIpc) is 2.28. The molecule has 0 amide bonds. The third-order valence-corrected chi connectivity index (χ3v) is 2.26. The van der Waals surface area contributed by atoms with Crippen LogP contribution in [-0.2, 0) is 6.42 Å². The summed E-state index contributed by atoms with van der Waals surface area (Å²) in [6.07, 6.45) is 0.314. The van der Waals surface area contributed by atoms with E-state index in [0.717, 1.165) is 11.1 Å². The van der Waals surface area contributed by atoms with E-state index in [9.17, 15) is 0 Å². The van der Waals surface area contributed by atoms with E-state index in [0.29, 0.717) is 18.7 Å². The molecule has 80 valence electrons. The van der Waals surface area contributed by atoms with Gasteiger partial charge >= 0.3 is 0 Å². The molecule has 0 aliphatic carbocycles.